The van der Waals surface area contributed by atoms with Crippen LogP contribution in [0.3, 0.4) is 0 Å². The number of hydrogen-bond donors (Lipinski definition) is 2. The maximum atomic E-state index is 9.72. The number of halogens is 1. The van der Waals surface area contributed by atoms with Crippen molar-refractivity contribution in [3.8, 4) is 0 Å². The second-order valence-corrected chi connectivity index (χ2v) is 2.89. The van der Waals surface area contributed by atoms with E-state index in [2.05, 4.69) is 4.99 Å². The topological polar surface area (TPSA) is 58.6 Å². The fourth-order valence-electron chi connectivity index (χ4n) is 0.745. The van der Waals surface area contributed by atoms with E-state index in [1.54, 1.807) is 6.92 Å². The maximum Gasteiger partial charge on any atom is 0.0906 e. The molecule has 0 heterocycles. The third-order valence-corrected chi connectivity index (χ3v) is 1.94. The second kappa shape index (κ2) is 6.65. The lowest BCUT2D eigenvalue weighted by atomic mass is 9.98. The Balaban J connectivity index is 0. The summed E-state index contributed by atoms with van der Waals surface area (Å²) in [5, 5.41) is 9.72. The highest BCUT2D eigenvalue weighted by Crippen LogP contribution is 2.14. The van der Waals surface area contributed by atoms with Crippen molar-refractivity contribution < 1.29 is 5.11 Å². The first kappa shape index (κ1) is 14.7. The highest BCUT2D eigenvalue weighted by molar-refractivity contribution is 14.0. The van der Waals surface area contributed by atoms with Crippen LogP contribution in [-0.2, 0) is 0 Å². The van der Waals surface area contributed by atoms with Crippen molar-refractivity contribution >= 4 is 29.8 Å². The molecule has 3 N–H and O–H groups in total. The van der Waals surface area contributed by atoms with Crippen LogP contribution in [-0.4, -0.2) is 23.1 Å². The monoisotopic (exact) mass is 286 g/mol. The van der Waals surface area contributed by atoms with Crippen molar-refractivity contribution in [3.05, 3.63) is 0 Å². The molecule has 0 aliphatic carbocycles. The molecule has 4 heteroatoms. The molecular weight excluding hydrogens is 267 g/mol. The smallest absolute Gasteiger partial charge is 0.0906 e. The van der Waals surface area contributed by atoms with Crippen LogP contribution in [0.15, 0.2) is 4.99 Å². The number of aliphatic imine (C=N–C) groups is 1. The van der Waals surface area contributed by atoms with Gasteiger partial charge in [-0.1, -0.05) is 13.8 Å². The molecule has 0 aromatic heterocycles. The summed E-state index contributed by atoms with van der Waals surface area (Å²) in [6, 6.07) is 0. The summed E-state index contributed by atoms with van der Waals surface area (Å²) in [7, 11) is 0. The molecule has 0 radical (unpaired) electrons. The van der Waals surface area contributed by atoms with E-state index in [1.165, 1.54) is 0 Å². The zero-order chi connectivity index (χ0) is 8.91. The molecule has 0 fully saturated rings. The molecular formula is C8H19IN2O. The standard InChI is InChI=1S/C8H18N2O.HI/c1-4-8(11,5-2)6-10-7(3)9;/h11H,4-6H2,1-3H3,(H2,9,10);1H. The molecule has 0 spiro atoms. The van der Waals surface area contributed by atoms with Gasteiger partial charge in [-0.05, 0) is 19.8 Å². The molecule has 0 atom stereocenters. The highest BCUT2D eigenvalue weighted by Gasteiger charge is 2.20. The Kier molecular flexibility index (Phi) is 8.13. The lowest BCUT2D eigenvalue weighted by Crippen LogP contribution is -2.31. The van der Waals surface area contributed by atoms with E-state index in [1.807, 2.05) is 13.8 Å². The summed E-state index contributed by atoms with van der Waals surface area (Å²) in [5.74, 6) is 0.533. The van der Waals surface area contributed by atoms with E-state index in [9.17, 15) is 5.11 Å². The fraction of sp³-hybridized carbons (Fsp3) is 0.875. The Morgan fingerprint density at radius 3 is 2.08 bits per heavy atom. The third kappa shape index (κ3) is 5.77. The Morgan fingerprint density at radius 1 is 1.42 bits per heavy atom. The number of rotatable bonds is 4. The second-order valence-electron chi connectivity index (χ2n) is 2.89. The van der Waals surface area contributed by atoms with Crippen LogP contribution in [0.4, 0.5) is 0 Å². The van der Waals surface area contributed by atoms with Crippen molar-refractivity contribution in [2.24, 2.45) is 10.7 Å². The van der Waals surface area contributed by atoms with Gasteiger partial charge in [0.15, 0.2) is 0 Å². The van der Waals surface area contributed by atoms with Gasteiger partial charge in [0.25, 0.3) is 0 Å². The Labute approximate surface area is 91.5 Å². The van der Waals surface area contributed by atoms with Crippen molar-refractivity contribution in [2.45, 2.75) is 39.2 Å². The Morgan fingerprint density at radius 2 is 1.83 bits per heavy atom. The van der Waals surface area contributed by atoms with Crippen LogP contribution in [0.2, 0.25) is 0 Å². The Bertz CT molecular complexity index is 140. The van der Waals surface area contributed by atoms with E-state index in [0.717, 1.165) is 12.8 Å². The van der Waals surface area contributed by atoms with Crippen LogP contribution < -0.4 is 5.73 Å². The number of nitrogens with two attached hydrogens (primary N) is 1. The number of amidine groups is 1. The summed E-state index contributed by atoms with van der Waals surface area (Å²) in [6.45, 7) is 6.05. The molecule has 0 aromatic rings. The van der Waals surface area contributed by atoms with Gasteiger partial charge in [-0.2, -0.15) is 0 Å². The third-order valence-electron chi connectivity index (χ3n) is 1.94. The van der Waals surface area contributed by atoms with Gasteiger partial charge in [-0.15, -0.1) is 24.0 Å². The van der Waals surface area contributed by atoms with Crippen molar-refractivity contribution in [2.75, 3.05) is 6.54 Å². The number of hydrogen-bond acceptors (Lipinski definition) is 2. The molecule has 0 saturated carbocycles. The molecule has 74 valence electrons. The average Bonchev–Trinajstić information content (AvgIpc) is 2.00. The molecule has 0 bridgehead atoms. The molecule has 0 aliphatic heterocycles. The average molecular weight is 286 g/mol. The van der Waals surface area contributed by atoms with Gasteiger partial charge in [-0.3, -0.25) is 4.99 Å². The minimum absolute atomic E-state index is 0. The van der Waals surface area contributed by atoms with Gasteiger partial charge < -0.3 is 10.8 Å². The summed E-state index contributed by atoms with van der Waals surface area (Å²) >= 11 is 0. The lowest BCUT2D eigenvalue weighted by molar-refractivity contribution is 0.0419. The van der Waals surface area contributed by atoms with Crippen molar-refractivity contribution in [1.29, 1.82) is 0 Å². The first-order chi connectivity index (χ1) is 5.04. The predicted molar refractivity (Wildman–Crippen MR) is 63.1 cm³/mol. The van der Waals surface area contributed by atoms with E-state index in [4.69, 9.17) is 5.73 Å². The van der Waals surface area contributed by atoms with E-state index < -0.39 is 5.60 Å². The Hall–Kier alpha value is 0.160. The summed E-state index contributed by atoms with van der Waals surface area (Å²) in [6.07, 6.45) is 1.44. The van der Waals surface area contributed by atoms with Crippen molar-refractivity contribution in [1.82, 2.24) is 0 Å². The van der Waals surface area contributed by atoms with Gasteiger partial charge in [-0.25, -0.2) is 0 Å². The molecule has 0 rings (SSSR count). The summed E-state index contributed by atoms with van der Waals surface area (Å²) < 4.78 is 0. The SMILES string of the molecule is CCC(O)(CC)CN=C(C)N.I. The quantitative estimate of drug-likeness (QED) is 0.468. The zero-order valence-corrected chi connectivity index (χ0v) is 10.3. The van der Waals surface area contributed by atoms with Gasteiger partial charge >= 0.3 is 0 Å². The largest absolute Gasteiger partial charge is 0.388 e. The van der Waals surface area contributed by atoms with E-state index in [-0.39, 0.29) is 24.0 Å². The lowest BCUT2D eigenvalue weighted by Gasteiger charge is -2.22. The van der Waals surface area contributed by atoms with Crippen LogP contribution in [0.1, 0.15) is 33.6 Å². The van der Waals surface area contributed by atoms with E-state index in [0.29, 0.717) is 12.4 Å². The van der Waals surface area contributed by atoms with E-state index >= 15 is 0 Å². The minimum Gasteiger partial charge on any atom is -0.388 e. The summed E-state index contributed by atoms with van der Waals surface area (Å²) in [5.41, 5.74) is 4.70. The fourth-order valence-corrected chi connectivity index (χ4v) is 0.745. The number of nitrogens with zero attached hydrogens (tertiary/aromatic N) is 1. The first-order valence-electron chi connectivity index (χ1n) is 4.03. The van der Waals surface area contributed by atoms with Crippen LogP contribution in [0, 0.1) is 0 Å². The predicted octanol–water partition coefficient (Wildman–Crippen LogP) is 1.53. The zero-order valence-electron chi connectivity index (χ0n) is 8.00. The van der Waals surface area contributed by atoms with Gasteiger partial charge in [0.1, 0.15) is 0 Å². The van der Waals surface area contributed by atoms with Crippen LogP contribution in [0.25, 0.3) is 0 Å². The first-order valence-corrected chi connectivity index (χ1v) is 4.03. The van der Waals surface area contributed by atoms with Gasteiger partial charge in [0, 0.05) is 0 Å². The molecule has 0 unspecified atom stereocenters. The summed E-state index contributed by atoms with van der Waals surface area (Å²) in [4.78, 5) is 3.98. The van der Waals surface area contributed by atoms with Crippen LogP contribution >= 0.6 is 24.0 Å². The van der Waals surface area contributed by atoms with Gasteiger partial charge in [0.2, 0.25) is 0 Å². The highest BCUT2D eigenvalue weighted by atomic mass is 127. The molecule has 0 aliphatic rings. The molecule has 0 amide bonds. The minimum atomic E-state index is -0.652. The molecule has 0 aromatic carbocycles. The molecule has 3 nitrogen and oxygen atoms in total. The van der Waals surface area contributed by atoms with Crippen molar-refractivity contribution in [3.63, 3.8) is 0 Å². The van der Waals surface area contributed by atoms with Gasteiger partial charge in [0.05, 0.1) is 18.0 Å². The molecule has 12 heavy (non-hydrogen) atoms. The maximum absolute atomic E-state index is 9.72. The number of aliphatic hydroxyl groups is 1. The van der Waals surface area contributed by atoms with Crippen LogP contribution in [0.5, 0.6) is 0 Å². The molecule has 0 saturated heterocycles. The normalized spacial score (nSPS) is 12.5.